The van der Waals surface area contributed by atoms with Crippen LogP contribution in [-0.2, 0) is 5.41 Å². The number of carbonyl (C=O) groups is 1. The Morgan fingerprint density at radius 1 is 1.50 bits per heavy atom. The van der Waals surface area contributed by atoms with Gasteiger partial charge in [-0.05, 0) is 23.8 Å². The summed E-state index contributed by atoms with van der Waals surface area (Å²) in [5.41, 5.74) is 7.59. The SMILES string of the molecule is CC1(c2c[nH]c3nc(C(=O)O)nc(N)c23)CCC1. The number of hydrogen-bond donors (Lipinski definition) is 3. The van der Waals surface area contributed by atoms with Gasteiger partial charge in [0.15, 0.2) is 0 Å². The Kier molecular flexibility index (Phi) is 2.10. The number of nitrogen functional groups attached to an aromatic ring is 1. The molecule has 4 N–H and O–H groups in total. The number of carboxylic acids is 1. The second-order valence-corrected chi connectivity index (χ2v) is 5.08. The Bertz CT molecular complexity index is 643. The molecule has 0 unspecified atom stereocenters. The fourth-order valence-corrected chi connectivity index (χ4v) is 2.61. The summed E-state index contributed by atoms with van der Waals surface area (Å²) in [4.78, 5) is 21.7. The minimum atomic E-state index is -1.17. The van der Waals surface area contributed by atoms with Crippen LogP contribution in [0.5, 0.6) is 0 Å². The molecule has 0 aromatic carbocycles. The van der Waals surface area contributed by atoms with Crippen LogP contribution in [0.15, 0.2) is 6.20 Å². The van der Waals surface area contributed by atoms with Crippen LogP contribution in [0.3, 0.4) is 0 Å². The van der Waals surface area contributed by atoms with Crippen molar-refractivity contribution in [2.75, 3.05) is 5.73 Å². The van der Waals surface area contributed by atoms with Crippen molar-refractivity contribution in [2.24, 2.45) is 0 Å². The largest absolute Gasteiger partial charge is 0.475 e. The second kappa shape index (κ2) is 3.44. The number of aromatic carboxylic acids is 1. The van der Waals surface area contributed by atoms with E-state index in [2.05, 4.69) is 21.9 Å². The quantitative estimate of drug-likeness (QED) is 0.747. The minimum Gasteiger partial charge on any atom is -0.475 e. The van der Waals surface area contributed by atoms with Crippen molar-refractivity contribution < 1.29 is 9.90 Å². The van der Waals surface area contributed by atoms with Crippen LogP contribution in [-0.4, -0.2) is 26.0 Å². The molecule has 2 aromatic heterocycles. The van der Waals surface area contributed by atoms with E-state index in [1.165, 1.54) is 6.42 Å². The molecule has 2 heterocycles. The third-order valence-electron chi connectivity index (χ3n) is 3.86. The van der Waals surface area contributed by atoms with Crippen LogP contribution in [0.4, 0.5) is 5.82 Å². The van der Waals surface area contributed by atoms with Crippen molar-refractivity contribution in [1.29, 1.82) is 0 Å². The lowest BCUT2D eigenvalue weighted by Crippen LogP contribution is -2.30. The van der Waals surface area contributed by atoms with E-state index in [9.17, 15) is 4.79 Å². The molecule has 0 bridgehead atoms. The summed E-state index contributed by atoms with van der Waals surface area (Å²) in [5, 5.41) is 9.66. The molecular weight excluding hydrogens is 232 g/mol. The first-order chi connectivity index (χ1) is 8.51. The number of rotatable bonds is 2. The molecule has 0 saturated heterocycles. The highest BCUT2D eigenvalue weighted by Crippen LogP contribution is 2.46. The average Bonchev–Trinajstić information content (AvgIpc) is 2.70. The highest BCUT2D eigenvalue weighted by Gasteiger charge is 2.36. The second-order valence-electron chi connectivity index (χ2n) is 5.08. The maximum Gasteiger partial charge on any atom is 0.374 e. The number of anilines is 1. The van der Waals surface area contributed by atoms with Gasteiger partial charge in [-0.2, -0.15) is 0 Å². The van der Waals surface area contributed by atoms with E-state index < -0.39 is 5.97 Å². The minimum absolute atomic E-state index is 0.112. The first-order valence-corrected chi connectivity index (χ1v) is 5.90. The number of hydrogen-bond acceptors (Lipinski definition) is 4. The Morgan fingerprint density at radius 2 is 2.22 bits per heavy atom. The predicted molar refractivity (Wildman–Crippen MR) is 66.5 cm³/mol. The topological polar surface area (TPSA) is 105 Å². The normalized spacial score (nSPS) is 17.6. The standard InChI is InChI=1S/C12H14N4O2/c1-12(3-2-4-12)6-5-14-9-7(6)8(13)15-10(16-9)11(17)18/h5H,2-4H2,1H3,(H,17,18)(H3,13,14,15,16). The van der Waals surface area contributed by atoms with Gasteiger partial charge in [0.05, 0.1) is 5.39 Å². The molecule has 0 amide bonds. The summed E-state index contributed by atoms with van der Waals surface area (Å²) in [6.45, 7) is 2.18. The first kappa shape index (κ1) is 11.0. The highest BCUT2D eigenvalue weighted by molar-refractivity contribution is 5.94. The molecule has 0 spiro atoms. The fraction of sp³-hybridized carbons (Fsp3) is 0.417. The van der Waals surface area contributed by atoms with E-state index in [0.29, 0.717) is 5.65 Å². The van der Waals surface area contributed by atoms with Gasteiger partial charge in [0, 0.05) is 6.20 Å². The molecule has 1 fully saturated rings. The summed E-state index contributed by atoms with van der Waals surface area (Å²) in [6.07, 6.45) is 5.30. The molecule has 2 aromatic rings. The summed E-state index contributed by atoms with van der Waals surface area (Å²) in [5.74, 6) is -1.21. The summed E-state index contributed by atoms with van der Waals surface area (Å²) in [7, 11) is 0. The van der Waals surface area contributed by atoms with Crippen LogP contribution in [0.25, 0.3) is 11.0 Å². The smallest absolute Gasteiger partial charge is 0.374 e. The van der Waals surface area contributed by atoms with Gasteiger partial charge >= 0.3 is 5.97 Å². The molecule has 0 atom stereocenters. The van der Waals surface area contributed by atoms with E-state index in [-0.39, 0.29) is 17.1 Å². The van der Waals surface area contributed by atoms with E-state index in [1.54, 1.807) is 0 Å². The lowest BCUT2D eigenvalue weighted by molar-refractivity contribution is 0.0684. The van der Waals surface area contributed by atoms with Gasteiger partial charge in [-0.1, -0.05) is 13.3 Å². The van der Waals surface area contributed by atoms with E-state index in [4.69, 9.17) is 10.8 Å². The van der Waals surface area contributed by atoms with E-state index in [0.717, 1.165) is 23.8 Å². The first-order valence-electron chi connectivity index (χ1n) is 5.90. The highest BCUT2D eigenvalue weighted by atomic mass is 16.4. The molecule has 1 aliphatic carbocycles. The number of nitrogens with two attached hydrogens (primary N) is 1. The zero-order valence-electron chi connectivity index (χ0n) is 10.0. The zero-order valence-corrected chi connectivity index (χ0v) is 10.0. The van der Waals surface area contributed by atoms with Gasteiger partial charge in [-0.15, -0.1) is 0 Å². The average molecular weight is 246 g/mol. The Hall–Kier alpha value is -2.11. The summed E-state index contributed by atoms with van der Waals surface area (Å²) >= 11 is 0. The maximum atomic E-state index is 10.9. The molecule has 1 saturated carbocycles. The third-order valence-corrected chi connectivity index (χ3v) is 3.86. The lowest BCUT2D eigenvalue weighted by Gasteiger charge is -2.38. The molecule has 94 valence electrons. The van der Waals surface area contributed by atoms with Crippen molar-refractivity contribution in [2.45, 2.75) is 31.6 Å². The van der Waals surface area contributed by atoms with Crippen molar-refractivity contribution in [1.82, 2.24) is 15.0 Å². The Balaban J connectivity index is 2.23. The van der Waals surface area contributed by atoms with Crippen molar-refractivity contribution in [3.8, 4) is 0 Å². The Labute approximate surface area is 103 Å². The van der Waals surface area contributed by atoms with Crippen molar-refractivity contribution in [3.05, 3.63) is 17.6 Å². The van der Waals surface area contributed by atoms with Crippen LogP contribution < -0.4 is 5.73 Å². The molecule has 6 heteroatoms. The van der Waals surface area contributed by atoms with Crippen LogP contribution >= 0.6 is 0 Å². The van der Waals surface area contributed by atoms with Gasteiger partial charge in [-0.25, -0.2) is 14.8 Å². The Morgan fingerprint density at radius 3 is 2.78 bits per heavy atom. The van der Waals surface area contributed by atoms with Gasteiger partial charge in [0.1, 0.15) is 11.5 Å². The van der Waals surface area contributed by atoms with Gasteiger partial charge < -0.3 is 15.8 Å². The van der Waals surface area contributed by atoms with E-state index in [1.807, 2.05) is 6.20 Å². The molecule has 1 aliphatic rings. The number of H-pyrrole nitrogens is 1. The van der Waals surface area contributed by atoms with E-state index >= 15 is 0 Å². The summed E-state index contributed by atoms with van der Waals surface area (Å²) < 4.78 is 0. The molecule has 0 aliphatic heterocycles. The van der Waals surface area contributed by atoms with Gasteiger partial charge in [0.2, 0.25) is 5.82 Å². The fourth-order valence-electron chi connectivity index (χ4n) is 2.61. The summed E-state index contributed by atoms with van der Waals surface area (Å²) in [6, 6.07) is 0. The van der Waals surface area contributed by atoms with Crippen LogP contribution in [0, 0.1) is 0 Å². The van der Waals surface area contributed by atoms with Gasteiger partial charge in [-0.3, -0.25) is 0 Å². The molecule has 18 heavy (non-hydrogen) atoms. The molecule has 3 rings (SSSR count). The third kappa shape index (κ3) is 1.38. The number of nitrogens with zero attached hydrogens (tertiary/aromatic N) is 2. The van der Waals surface area contributed by atoms with Crippen LogP contribution in [0.1, 0.15) is 42.4 Å². The lowest BCUT2D eigenvalue weighted by atomic mass is 9.66. The van der Waals surface area contributed by atoms with Crippen molar-refractivity contribution >= 4 is 22.8 Å². The van der Waals surface area contributed by atoms with Crippen LogP contribution in [0.2, 0.25) is 0 Å². The number of nitrogens with one attached hydrogen (secondary N) is 1. The zero-order chi connectivity index (χ0) is 12.9. The molecule has 6 nitrogen and oxygen atoms in total. The van der Waals surface area contributed by atoms with Gasteiger partial charge in [0.25, 0.3) is 0 Å². The number of fused-ring (bicyclic) bond motifs is 1. The molecular formula is C12H14N4O2. The number of aromatic amines is 1. The predicted octanol–water partition coefficient (Wildman–Crippen LogP) is 1.68. The molecule has 0 radical (unpaired) electrons. The maximum absolute atomic E-state index is 10.9. The van der Waals surface area contributed by atoms with Crippen molar-refractivity contribution in [3.63, 3.8) is 0 Å². The number of aromatic nitrogens is 3. The number of carboxylic acid groups (broad SMARTS) is 1. The monoisotopic (exact) mass is 246 g/mol.